The second kappa shape index (κ2) is 9.64. The van der Waals surface area contributed by atoms with Crippen molar-refractivity contribution in [2.24, 2.45) is 0 Å². The SMILES string of the molecule is CN(C)[C@@H](c1ccccc1)[c-]1cccc1P(C1CCCCC1)C1CCCCC1. The van der Waals surface area contributed by atoms with Gasteiger partial charge in [0.15, 0.2) is 0 Å². The number of nitrogens with zero attached hydrogens (tertiary/aromatic N) is 1. The largest absolute Gasteiger partial charge is 0.309 e. The van der Waals surface area contributed by atoms with E-state index in [4.69, 9.17) is 0 Å². The fraction of sp³-hybridized carbons (Fsp3) is 0.577. The van der Waals surface area contributed by atoms with Crippen LogP contribution in [-0.4, -0.2) is 30.3 Å². The molecule has 1 nitrogen and oxygen atoms in total. The summed E-state index contributed by atoms with van der Waals surface area (Å²) in [5.41, 5.74) is 4.96. The van der Waals surface area contributed by atoms with E-state index >= 15 is 0 Å². The first kappa shape index (κ1) is 20.2. The molecule has 2 saturated carbocycles. The molecule has 1 atom stereocenters. The first-order valence-corrected chi connectivity index (χ1v) is 13.0. The summed E-state index contributed by atoms with van der Waals surface area (Å²) in [7, 11) is 4.45. The Morgan fingerprint density at radius 1 is 0.786 bits per heavy atom. The smallest absolute Gasteiger partial charge is 0.0150 e. The third-order valence-electron chi connectivity index (χ3n) is 6.97. The second-order valence-electron chi connectivity index (χ2n) is 9.13. The van der Waals surface area contributed by atoms with E-state index in [0.717, 1.165) is 11.3 Å². The van der Waals surface area contributed by atoms with Gasteiger partial charge < -0.3 is 4.90 Å². The van der Waals surface area contributed by atoms with Gasteiger partial charge in [-0.1, -0.05) is 76.8 Å². The van der Waals surface area contributed by atoms with Crippen LogP contribution in [0.3, 0.4) is 0 Å². The van der Waals surface area contributed by atoms with Gasteiger partial charge in [-0.3, -0.25) is 0 Å². The number of rotatable bonds is 6. The van der Waals surface area contributed by atoms with E-state index in [1.807, 2.05) is 0 Å². The third-order valence-corrected chi connectivity index (χ3v) is 10.5. The van der Waals surface area contributed by atoms with Crippen molar-refractivity contribution in [1.82, 2.24) is 4.90 Å². The van der Waals surface area contributed by atoms with Crippen molar-refractivity contribution >= 4 is 13.2 Å². The molecule has 4 rings (SSSR count). The van der Waals surface area contributed by atoms with E-state index in [2.05, 4.69) is 67.5 Å². The van der Waals surface area contributed by atoms with E-state index < -0.39 is 0 Å². The first-order valence-electron chi connectivity index (χ1n) is 11.5. The van der Waals surface area contributed by atoms with Crippen LogP contribution in [0.15, 0.2) is 48.5 Å². The van der Waals surface area contributed by atoms with Crippen LogP contribution in [0.5, 0.6) is 0 Å². The third kappa shape index (κ3) is 4.42. The molecule has 152 valence electrons. The van der Waals surface area contributed by atoms with E-state index in [0.29, 0.717) is 6.04 Å². The number of hydrogen-bond donors (Lipinski definition) is 0. The van der Waals surface area contributed by atoms with Crippen molar-refractivity contribution in [3.05, 3.63) is 59.7 Å². The van der Waals surface area contributed by atoms with E-state index in [9.17, 15) is 0 Å². The summed E-state index contributed by atoms with van der Waals surface area (Å²) in [6.07, 6.45) is 14.7. The van der Waals surface area contributed by atoms with Crippen molar-refractivity contribution in [3.8, 4) is 0 Å². The molecule has 0 amide bonds. The fourth-order valence-electron chi connectivity index (χ4n) is 5.69. The monoisotopic (exact) mass is 394 g/mol. The molecule has 0 heterocycles. The molecule has 2 aromatic rings. The Balaban J connectivity index is 1.72. The van der Waals surface area contributed by atoms with Crippen molar-refractivity contribution < 1.29 is 0 Å². The van der Waals surface area contributed by atoms with Crippen LogP contribution in [-0.2, 0) is 0 Å². The van der Waals surface area contributed by atoms with Gasteiger partial charge in [-0.25, -0.2) is 12.1 Å². The van der Waals surface area contributed by atoms with E-state index in [1.165, 1.54) is 69.8 Å². The van der Waals surface area contributed by atoms with Crippen LogP contribution < -0.4 is 5.30 Å². The topological polar surface area (TPSA) is 3.24 Å². The highest BCUT2D eigenvalue weighted by Gasteiger charge is 2.32. The molecule has 0 aliphatic heterocycles. The maximum absolute atomic E-state index is 2.52. The summed E-state index contributed by atoms with van der Waals surface area (Å²) in [6.45, 7) is 0. The number of hydrogen-bond acceptors (Lipinski definition) is 1. The average molecular weight is 395 g/mol. The molecule has 2 heteroatoms. The zero-order chi connectivity index (χ0) is 19.3. The fourth-order valence-corrected chi connectivity index (χ4v) is 9.67. The molecule has 0 bridgehead atoms. The molecule has 2 aromatic carbocycles. The average Bonchev–Trinajstić information content (AvgIpc) is 3.19. The Morgan fingerprint density at radius 3 is 1.89 bits per heavy atom. The Kier molecular flexibility index (Phi) is 6.97. The molecule has 0 saturated heterocycles. The Bertz CT molecular complexity index is 689. The van der Waals surface area contributed by atoms with Gasteiger partial charge in [-0.2, -0.15) is 6.07 Å². The van der Waals surface area contributed by atoms with Crippen molar-refractivity contribution in [1.29, 1.82) is 0 Å². The predicted molar refractivity (Wildman–Crippen MR) is 124 cm³/mol. The van der Waals surface area contributed by atoms with Gasteiger partial charge in [0.05, 0.1) is 0 Å². The molecule has 28 heavy (non-hydrogen) atoms. The van der Waals surface area contributed by atoms with Crippen LogP contribution in [0.2, 0.25) is 0 Å². The summed E-state index contributed by atoms with van der Waals surface area (Å²) in [5.74, 6) is 0. The van der Waals surface area contributed by atoms with Crippen LogP contribution in [0, 0.1) is 0 Å². The first-order chi connectivity index (χ1) is 13.8. The summed E-state index contributed by atoms with van der Waals surface area (Å²) in [5, 5.41) is 1.75. The summed E-state index contributed by atoms with van der Waals surface area (Å²) < 4.78 is 0. The van der Waals surface area contributed by atoms with Gasteiger partial charge in [0, 0.05) is 6.04 Å². The zero-order valence-electron chi connectivity index (χ0n) is 17.8. The van der Waals surface area contributed by atoms with Gasteiger partial charge >= 0.3 is 0 Å². The maximum atomic E-state index is 2.52. The highest BCUT2D eigenvalue weighted by Crippen LogP contribution is 2.56. The molecule has 0 aromatic heterocycles. The lowest BCUT2D eigenvalue weighted by Gasteiger charge is -2.43. The molecule has 2 fully saturated rings. The summed E-state index contributed by atoms with van der Waals surface area (Å²) in [4.78, 5) is 2.42. The van der Waals surface area contributed by atoms with Gasteiger partial charge in [0.25, 0.3) is 0 Å². The summed E-state index contributed by atoms with van der Waals surface area (Å²) in [6, 6.07) is 18.8. The Labute approximate surface area is 173 Å². The van der Waals surface area contributed by atoms with E-state index in [-0.39, 0.29) is 7.92 Å². The lowest BCUT2D eigenvalue weighted by atomic mass is 9.99. The maximum Gasteiger partial charge on any atom is 0.0150 e. The molecule has 2 aliphatic carbocycles. The van der Waals surface area contributed by atoms with Gasteiger partial charge in [-0.05, 0) is 56.7 Å². The minimum atomic E-state index is -0.0501. The molecular formula is C26H37NP-. The highest BCUT2D eigenvalue weighted by atomic mass is 31.1. The van der Waals surface area contributed by atoms with Crippen molar-refractivity contribution in [2.75, 3.05) is 14.1 Å². The molecule has 0 spiro atoms. The standard InChI is InChI=1S/C26H37NP/c1-27(2)26(21-13-6-3-7-14-21)24-19-12-20-25(24)28(22-15-8-4-9-16-22)23-17-10-5-11-18-23/h3,6-7,12-14,19-20,22-23,26H,4-5,8-11,15-18H2,1-2H3/q-1/t26-/m0/s1. The lowest BCUT2D eigenvalue weighted by molar-refractivity contribution is 0.344. The van der Waals surface area contributed by atoms with Crippen molar-refractivity contribution in [2.45, 2.75) is 81.6 Å². The van der Waals surface area contributed by atoms with E-state index in [1.54, 1.807) is 10.9 Å². The van der Waals surface area contributed by atoms with Gasteiger partial charge in [-0.15, -0.1) is 10.9 Å². The Morgan fingerprint density at radius 2 is 1.36 bits per heavy atom. The normalized spacial score (nSPS) is 20.7. The number of benzene rings is 1. The molecule has 0 radical (unpaired) electrons. The van der Waals surface area contributed by atoms with Crippen LogP contribution in [0.4, 0.5) is 0 Å². The second-order valence-corrected chi connectivity index (χ2v) is 11.9. The van der Waals surface area contributed by atoms with Gasteiger partial charge in [0.1, 0.15) is 0 Å². The summed E-state index contributed by atoms with van der Waals surface area (Å²) >= 11 is 0. The van der Waals surface area contributed by atoms with Crippen LogP contribution in [0.1, 0.15) is 81.4 Å². The molecular weight excluding hydrogens is 357 g/mol. The van der Waals surface area contributed by atoms with Crippen molar-refractivity contribution in [3.63, 3.8) is 0 Å². The highest BCUT2D eigenvalue weighted by molar-refractivity contribution is 7.67. The minimum absolute atomic E-state index is 0.0501. The quantitative estimate of drug-likeness (QED) is 0.383. The zero-order valence-corrected chi connectivity index (χ0v) is 18.7. The lowest BCUT2D eigenvalue weighted by Crippen LogP contribution is -2.30. The minimum Gasteiger partial charge on any atom is -0.309 e. The van der Waals surface area contributed by atoms with Crippen LogP contribution >= 0.6 is 7.92 Å². The predicted octanol–water partition coefficient (Wildman–Crippen LogP) is 6.83. The van der Waals surface area contributed by atoms with Gasteiger partial charge in [0.2, 0.25) is 0 Å². The molecule has 0 unspecified atom stereocenters. The molecule has 2 aliphatic rings. The van der Waals surface area contributed by atoms with Crippen LogP contribution in [0.25, 0.3) is 0 Å². The molecule has 0 N–H and O–H groups in total. The Hall–Kier alpha value is -1.04.